The van der Waals surface area contributed by atoms with Crippen molar-refractivity contribution in [3.63, 3.8) is 0 Å². The molecule has 0 amide bonds. The lowest BCUT2D eigenvalue weighted by Crippen LogP contribution is -2.23. The van der Waals surface area contributed by atoms with Gasteiger partial charge in [-0.05, 0) is 48.2 Å². The molecular formula is C17H21NO5S2. The first-order valence-corrected chi connectivity index (χ1v) is 10.1. The number of hydrogen-bond acceptors (Lipinski definition) is 6. The molecule has 0 saturated heterocycles. The average Bonchev–Trinajstić information content (AvgIpc) is 2.65. The molecule has 2 rings (SSSR count). The molecule has 6 nitrogen and oxygen atoms in total. The molecular weight excluding hydrogens is 362 g/mol. The van der Waals surface area contributed by atoms with E-state index >= 15 is 0 Å². The highest BCUT2D eigenvalue weighted by Gasteiger charge is 2.17. The molecule has 2 aromatic carbocycles. The Bertz CT molecular complexity index is 794. The van der Waals surface area contributed by atoms with E-state index in [1.165, 1.54) is 21.3 Å². The SMILES string of the molecule is COc1cc(CNS(=O)(=O)c2ccc(SC)cc2)cc(OC)c1OC. The van der Waals surface area contributed by atoms with Crippen LogP contribution in [0.1, 0.15) is 5.56 Å². The highest BCUT2D eigenvalue weighted by Crippen LogP contribution is 2.38. The fourth-order valence-electron chi connectivity index (χ4n) is 2.25. The molecule has 136 valence electrons. The summed E-state index contributed by atoms with van der Waals surface area (Å²) in [6.45, 7) is 0.101. The molecule has 0 aromatic heterocycles. The normalized spacial score (nSPS) is 11.2. The lowest BCUT2D eigenvalue weighted by molar-refractivity contribution is 0.323. The van der Waals surface area contributed by atoms with Crippen molar-refractivity contribution < 1.29 is 22.6 Å². The molecule has 0 aliphatic rings. The van der Waals surface area contributed by atoms with Crippen LogP contribution in [0.5, 0.6) is 17.2 Å². The van der Waals surface area contributed by atoms with E-state index in [1.807, 2.05) is 6.26 Å². The summed E-state index contributed by atoms with van der Waals surface area (Å²) in [4.78, 5) is 1.22. The first kappa shape index (κ1) is 19.4. The summed E-state index contributed by atoms with van der Waals surface area (Å²) in [5.41, 5.74) is 0.693. The van der Waals surface area contributed by atoms with Crippen LogP contribution in [-0.4, -0.2) is 36.0 Å². The Hall–Kier alpha value is -1.90. The molecule has 0 atom stereocenters. The summed E-state index contributed by atoms with van der Waals surface area (Å²) in [7, 11) is 0.929. The predicted octanol–water partition coefficient (Wildman–Crippen LogP) is 2.91. The second kappa shape index (κ2) is 8.46. The Morgan fingerprint density at radius 1 is 0.960 bits per heavy atom. The third-order valence-corrected chi connectivity index (χ3v) is 5.72. The Kier molecular flexibility index (Phi) is 6.57. The smallest absolute Gasteiger partial charge is 0.240 e. The quantitative estimate of drug-likeness (QED) is 0.707. The highest BCUT2D eigenvalue weighted by molar-refractivity contribution is 7.98. The minimum Gasteiger partial charge on any atom is -0.493 e. The number of nitrogens with one attached hydrogen (secondary N) is 1. The van der Waals surface area contributed by atoms with Crippen molar-refractivity contribution in [2.24, 2.45) is 0 Å². The molecule has 0 bridgehead atoms. The van der Waals surface area contributed by atoms with E-state index in [4.69, 9.17) is 14.2 Å². The molecule has 0 aliphatic heterocycles. The number of sulfonamides is 1. The van der Waals surface area contributed by atoms with E-state index in [-0.39, 0.29) is 11.4 Å². The Morgan fingerprint density at radius 3 is 1.96 bits per heavy atom. The topological polar surface area (TPSA) is 73.9 Å². The third-order valence-electron chi connectivity index (χ3n) is 3.56. The number of rotatable bonds is 8. The van der Waals surface area contributed by atoms with Gasteiger partial charge in [0.15, 0.2) is 11.5 Å². The van der Waals surface area contributed by atoms with Crippen LogP contribution in [0, 0.1) is 0 Å². The Balaban J connectivity index is 2.21. The number of methoxy groups -OCH3 is 3. The monoisotopic (exact) mass is 383 g/mol. The van der Waals surface area contributed by atoms with E-state index in [9.17, 15) is 8.42 Å². The zero-order chi connectivity index (χ0) is 18.4. The molecule has 0 aliphatic carbocycles. The molecule has 0 fully saturated rings. The van der Waals surface area contributed by atoms with E-state index < -0.39 is 10.0 Å². The number of thioether (sulfide) groups is 1. The van der Waals surface area contributed by atoms with Crippen LogP contribution in [-0.2, 0) is 16.6 Å². The molecule has 8 heteroatoms. The van der Waals surface area contributed by atoms with Crippen LogP contribution in [0.25, 0.3) is 0 Å². The maximum Gasteiger partial charge on any atom is 0.240 e. The summed E-state index contributed by atoms with van der Waals surface area (Å²) in [5, 5.41) is 0. The van der Waals surface area contributed by atoms with Gasteiger partial charge in [0.1, 0.15) is 0 Å². The van der Waals surface area contributed by atoms with Crippen molar-refractivity contribution in [1.29, 1.82) is 0 Å². The predicted molar refractivity (Wildman–Crippen MR) is 98.3 cm³/mol. The van der Waals surface area contributed by atoms with Crippen LogP contribution in [0.4, 0.5) is 0 Å². The number of ether oxygens (including phenoxy) is 3. The number of benzene rings is 2. The van der Waals surface area contributed by atoms with Crippen LogP contribution in [0.2, 0.25) is 0 Å². The summed E-state index contributed by atoms with van der Waals surface area (Å²) in [5.74, 6) is 1.41. The van der Waals surface area contributed by atoms with Gasteiger partial charge >= 0.3 is 0 Å². The van der Waals surface area contributed by atoms with Crippen molar-refractivity contribution in [1.82, 2.24) is 4.72 Å². The zero-order valence-corrected chi connectivity index (χ0v) is 16.2. The van der Waals surface area contributed by atoms with E-state index in [0.29, 0.717) is 22.8 Å². The minimum atomic E-state index is -3.61. The van der Waals surface area contributed by atoms with Gasteiger partial charge in [0.25, 0.3) is 0 Å². The van der Waals surface area contributed by atoms with Crippen molar-refractivity contribution in [2.75, 3.05) is 27.6 Å². The first-order chi connectivity index (χ1) is 11.9. The lowest BCUT2D eigenvalue weighted by Gasteiger charge is -2.14. The van der Waals surface area contributed by atoms with Gasteiger partial charge in [-0.1, -0.05) is 0 Å². The summed E-state index contributed by atoms with van der Waals surface area (Å²) < 4.78 is 43.3. The third kappa shape index (κ3) is 4.59. The highest BCUT2D eigenvalue weighted by atomic mass is 32.2. The van der Waals surface area contributed by atoms with Crippen LogP contribution >= 0.6 is 11.8 Å². The second-order valence-corrected chi connectivity index (χ2v) is 7.68. The number of hydrogen-bond donors (Lipinski definition) is 1. The van der Waals surface area contributed by atoms with Crippen LogP contribution in [0.3, 0.4) is 0 Å². The lowest BCUT2D eigenvalue weighted by atomic mass is 10.2. The summed E-state index contributed by atoms with van der Waals surface area (Å²) in [6.07, 6.45) is 1.94. The van der Waals surface area contributed by atoms with E-state index in [1.54, 1.807) is 48.2 Å². The van der Waals surface area contributed by atoms with Crippen molar-refractivity contribution in [2.45, 2.75) is 16.3 Å². The fourth-order valence-corrected chi connectivity index (χ4v) is 3.68. The summed E-state index contributed by atoms with van der Waals surface area (Å²) >= 11 is 1.56. The molecule has 25 heavy (non-hydrogen) atoms. The van der Waals surface area contributed by atoms with E-state index in [0.717, 1.165) is 4.90 Å². The van der Waals surface area contributed by atoms with Gasteiger partial charge < -0.3 is 14.2 Å². The van der Waals surface area contributed by atoms with Gasteiger partial charge in [-0.15, -0.1) is 11.8 Å². The molecule has 0 unspecified atom stereocenters. The van der Waals surface area contributed by atoms with Gasteiger partial charge in [0, 0.05) is 11.4 Å². The average molecular weight is 383 g/mol. The van der Waals surface area contributed by atoms with Crippen LogP contribution < -0.4 is 18.9 Å². The zero-order valence-electron chi connectivity index (χ0n) is 14.5. The molecule has 0 saturated carbocycles. The van der Waals surface area contributed by atoms with Crippen molar-refractivity contribution in [3.05, 3.63) is 42.0 Å². The molecule has 0 heterocycles. The Morgan fingerprint density at radius 2 is 1.52 bits per heavy atom. The van der Waals surface area contributed by atoms with Gasteiger partial charge in [-0.3, -0.25) is 0 Å². The Labute approximate surface area is 152 Å². The molecule has 0 radical (unpaired) electrons. The second-order valence-electron chi connectivity index (χ2n) is 5.03. The molecule has 2 aromatic rings. The minimum absolute atomic E-state index is 0.101. The van der Waals surface area contributed by atoms with Gasteiger partial charge in [0.05, 0.1) is 26.2 Å². The summed E-state index contributed by atoms with van der Waals surface area (Å²) in [6, 6.07) is 10.1. The first-order valence-electron chi connectivity index (χ1n) is 7.37. The van der Waals surface area contributed by atoms with Gasteiger partial charge in [-0.25, -0.2) is 13.1 Å². The maximum absolute atomic E-state index is 12.4. The molecule has 0 spiro atoms. The largest absolute Gasteiger partial charge is 0.493 e. The van der Waals surface area contributed by atoms with Gasteiger partial charge in [-0.2, -0.15) is 0 Å². The standard InChI is InChI=1S/C17H21NO5S2/c1-21-15-9-12(10-16(22-2)17(15)23-3)11-18-25(19,20)14-7-5-13(24-4)6-8-14/h5-10,18H,11H2,1-4H3. The van der Waals surface area contributed by atoms with Crippen LogP contribution in [0.15, 0.2) is 46.2 Å². The van der Waals surface area contributed by atoms with Crippen molar-refractivity contribution >= 4 is 21.8 Å². The molecule has 1 N–H and O–H groups in total. The maximum atomic E-state index is 12.4. The van der Waals surface area contributed by atoms with Gasteiger partial charge in [0.2, 0.25) is 15.8 Å². The fraction of sp³-hybridized carbons (Fsp3) is 0.294. The van der Waals surface area contributed by atoms with Crippen molar-refractivity contribution in [3.8, 4) is 17.2 Å². The van der Waals surface area contributed by atoms with E-state index in [2.05, 4.69) is 4.72 Å².